The van der Waals surface area contributed by atoms with E-state index < -0.39 is 11.5 Å². The fourth-order valence-electron chi connectivity index (χ4n) is 1.91. The summed E-state index contributed by atoms with van der Waals surface area (Å²) in [6.07, 6.45) is 0.288. The molecule has 0 saturated heterocycles. The van der Waals surface area contributed by atoms with Crippen molar-refractivity contribution in [2.24, 2.45) is 0 Å². The minimum atomic E-state index is -0.504. The third-order valence-corrected chi connectivity index (χ3v) is 3.17. The van der Waals surface area contributed by atoms with Gasteiger partial charge in [0.1, 0.15) is 11.6 Å². The van der Waals surface area contributed by atoms with Gasteiger partial charge in [-0.1, -0.05) is 23.7 Å². The lowest BCUT2D eigenvalue weighted by Crippen LogP contribution is -1.98. The Bertz CT molecular complexity index is 740. The van der Waals surface area contributed by atoms with E-state index in [0.29, 0.717) is 10.6 Å². The Morgan fingerprint density at radius 2 is 1.70 bits per heavy atom. The molecule has 2 N–H and O–H groups in total. The quantitative estimate of drug-likeness (QED) is 0.830. The van der Waals surface area contributed by atoms with E-state index in [0.717, 1.165) is 11.6 Å². The Hall–Kier alpha value is -2.69. The summed E-state index contributed by atoms with van der Waals surface area (Å²) < 4.78 is 0. The van der Waals surface area contributed by atoms with Crippen LogP contribution in [0.5, 0.6) is 11.5 Å². The summed E-state index contributed by atoms with van der Waals surface area (Å²) >= 11 is 5.80. The molecule has 0 radical (unpaired) electrons. The third kappa shape index (κ3) is 2.51. The van der Waals surface area contributed by atoms with E-state index >= 15 is 0 Å². The van der Waals surface area contributed by atoms with Crippen molar-refractivity contribution in [3.63, 3.8) is 0 Å². The lowest BCUT2D eigenvalue weighted by molar-refractivity contribution is 0.402. The van der Waals surface area contributed by atoms with Gasteiger partial charge >= 0.3 is 0 Å². The van der Waals surface area contributed by atoms with Crippen molar-refractivity contribution in [3.8, 4) is 23.6 Å². The fourth-order valence-corrected chi connectivity index (χ4v) is 2.03. The van der Waals surface area contributed by atoms with Gasteiger partial charge < -0.3 is 10.2 Å². The predicted octanol–water partition coefficient (Wildman–Crippen LogP) is 3.09. The van der Waals surface area contributed by atoms with Crippen LogP contribution in [-0.2, 0) is 6.42 Å². The molecule has 0 heterocycles. The number of phenols is 2. The molecule has 20 heavy (non-hydrogen) atoms. The Labute approximate surface area is 120 Å². The van der Waals surface area contributed by atoms with Gasteiger partial charge in [-0.25, -0.2) is 0 Å². The maximum atomic E-state index is 9.72. The lowest BCUT2D eigenvalue weighted by Gasteiger charge is -2.10. The molecule has 2 aromatic rings. The molecule has 0 aliphatic carbocycles. The molecule has 0 aromatic heterocycles. The smallest absolute Gasteiger partial charge is 0.175 e. The van der Waals surface area contributed by atoms with Crippen LogP contribution in [-0.4, -0.2) is 10.2 Å². The second-order valence-corrected chi connectivity index (χ2v) is 4.61. The zero-order valence-electron chi connectivity index (χ0n) is 10.3. The van der Waals surface area contributed by atoms with Crippen molar-refractivity contribution >= 4 is 11.6 Å². The van der Waals surface area contributed by atoms with Crippen LogP contribution in [0.25, 0.3) is 0 Å². The van der Waals surface area contributed by atoms with Crippen molar-refractivity contribution < 1.29 is 10.2 Å². The van der Waals surface area contributed by atoms with Crippen LogP contribution in [0.4, 0.5) is 0 Å². The first-order chi connectivity index (χ1) is 9.56. The van der Waals surface area contributed by atoms with Crippen molar-refractivity contribution in [3.05, 3.63) is 57.6 Å². The van der Waals surface area contributed by atoms with Gasteiger partial charge in [-0.15, -0.1) is 0 Å². The molecule has 2 rings (SSSR count). The SMILES string of the molecule is N#Cc1cc(O)c(O)c(C#N)c1Cc1ccc(Cl)cc1. The minimum absolute atomic E-state index is 0.0866. The number of benzene rings is 2. The number of rotatable bonds is 2. The van der Waals surface area contributed by atoms with E-state index in [1.807, 2.05) is 12.1 Å². The molecule has 0 bridgehead atoms. The Kier molecular flexibility index (Phi) is 3.79. The van der Waals surface area contributed by atoms with Gasteiger partial charge in [-0.2, -0.15) is 10.5 Å². The number of halogens is 1. The molecule has 0 atom stereocenters. The molecule has 2 aromatic carbocycles. The summed E-state index contributed by atoms with van der Waals surface area (Å²) in [5.41, 5.74) is 1.29. The second kappa shape index (κ2) is 5.52. The summed E-state index contributed by atoms with van der Waals surface area (Å²) in [6, 6.07) is 11.9. The van der Waals surface area contributed by atoms with Crippen LogP contribution >= 0.6 is 11.6 Å². The van der Waals surface area contributed by atoms with E-state index in [-0.39, 0.29) is 17.5 Å². The Balaban J connectivity index is 2.56. The minimum Gasteiger partial charge on any atom is -0.504 e. The predicted molar refractivity (Wildman–Crippen MR) is 73.5 cm³/mol. The van der Waals surface area contributed by atoms with E-state index in [2.05, 4.69) is 0 Å². The molecule has 0 unspecified atom stereocenters. The van der Waals surface area contributed by atoms with Crippen LogP contribution in [0, 0.1) is 22.7 Å². The Morgan fingerprint density at radius 1 is 1.05 bits per heavy atom. The van der Waals surface area contributed by atoms with Gasteiger partial charge in [0.15, 0.2) is 11.5 Å². The van der Waals surface area contributed by atoms with E-state index in [1.54, 1.807) is 24.3 Å². The molecule has 0 aliphatic rings. The van der Waals surface area contributed by atoms with Crippen LogP contribution in [0.1, 0.15) is 22.3 Å². The van der Waals surface area contributed by atoms with Gasteiger partial charge in [0.05, 0.1) is 11.6 Å². The van der Waals surface area contributed by atoms with Gasteiger partial charge in [0, 0.05) is 17.5 Å². The van der Waals surface area contributed by atoms with Crippen molar-refractivity contribution in [2.45, 2.75) is 6.42 Å². The standard InChI is InChI=1S/C15H9ClN2O2/c16-11-3-1-9(2-4-11)5-12-10(7-17)6-14(19)15(20)13(12)8-18/h1-4,6,19-20H,5H2. The van der Waals surface area contributed by atoms with Crippen LogP contribution in [0.15, 0.2) is 30.3 Å². The van der Waals surface area contributed by atoms with Crippen molar-refractivity contribution in [2.75, 3.05) is 0 Å². The molecule has 5 heteroatoms. The van der Waals surface area contributed by atoms with Gasteiger partial charge in [-0.3, -0.25) is 0 Å². The zero-order chi connectivity index (χ0) is 14.7. The highest BCUT2D eigenvalue weighted by Crippen LogP contribution is 2.34. The summed E-state index contributed by atoms with van der Waals surface area (Å²) in [5.74, 6) is -0.978. The molecule has 0 fully saturated rings. The molecule has 98 valence electrons. The molecule has 0 amide bonds. The maximum Gasteiger partial charge on any atom is 0.175 e. The van der Waals surface area contributed by atoms with E-state index in [4.69, 9.17) is 22.1 Å². The van der Waals surface area contributed by atoms with Gasteiger partial charge in [-0.05, 0) is 23.3 Å². The average Bonchev–Trinajstić information content (AvgIpc) is 2.45. The zero-order valence-corrected chi connectivity index (χ0v) is 11.0. The van der Waals surface area contributed by atoms with Crippen LogP contribution in [0.3, 0.4) is 0 Å². The normalized spacial score (nSPS) is 9.75. The molecular formula is C15H9ClN2O2. The first-order valence-corrected chi connectivity index (χ1v) is 6.07. The van der Waals surface area contributed by atoms with Gasteiger partial charge in [0.2, 0.25) is 0 Å². The summed E-state index contributed by atoms with van der Waals surface area (Å²) in [7, 11) is 0. The molecule has 0 aliphatic heterocycles. The van der Waals surface area contributed by atoms with E-state index in [1.165, 1.54) is 0 Å². The fraction of sp³-hybridized carbons (Fsp3) is 0.0667. The number of hydrogen-bond donors (Lipinski definition) is 2. The monoisotopic (exact) mass is 284 g/mol. The third-order valence-electron chi connectivity index (χ3n) is 2.91. The van der Waals surface area contributed by atoms with Crippen molar-refractivity contribution in [1.82, 2.24) is 0 Å². The summed E-state index contributed by atoms with van der Waals surface area (Å²) in [6.45, 7) is 0. The highest BCUT2D eigenvalue weighted by molar-refractivity contribution is 6.30. The van der Waals surface area contributed by atoms with Crippen molar-refractivity contribution in [1.29, 1.82) is 10.5 Å². The maximum absolute atomic E-state index is 9.72. The Morgan fingerprint density at radius 3 is 2.25 bits per heavy atom. The highest BCUT2D eigenvalue weighted by Gasteiger charge is 2.17. The topological polar surface area (TPSA) is 88.0 Å². The number of nitrogens with zero attached hydrogens (tertiary/aromatic N) is 2. The summed E-state index contributed by atoms with van der Waals surface area (Å²) in [5, 5.41) is 38.0. The second-order valence-electron chi connectivity index (χ2n) is 4.17. The van der Waals surface area contributed by atoms with Gasteiger partial charge in [0.25, 0.3) is 0 Å². The number of phenolic OH excluding ortho intramolecular Hbond substituents is 2. The highest BCUT2D eigenvalue weighted by atomic mass is 35.5. The lowest BCUT2D eigenvalue weighted by atomic mass is 9.94. The summed E-state index contributed by atoms with van der Waals surface area (Å²) in [4.78, 5) is 0. The number of aromatic hydroxyl groups is 2. The molecule has 0 saturated carbocycles. The van der Waals surface area contributed by atoms with Crippen LogP contribution < -0.4 is 0 Å². The first-order valence-electron chi connectivity index (χ1n) is 5.69. The first kappa shape index (κ1) is 13.7. The molecule has 0 spiro atoms. The molecule has 4 nitrogen and oxygen atoms in total. The number of nitriles is 2. The average molecular weight is 285 g/mol. The largest absolute Gasteiger partial charge is 0.504 e. The number of hydrogen-bond acceptors (Lipinski definition) is 4. The molecular weight excluding hydrogens is 276 g/mol. The van der Waals surface area contributed by atoms with Crippen LogP contribution in [0.2, 0.25) is 5.02 Å². The van der Waals surface area contributed by atoms with E-state index in [9.17, 15) is 10.2 Å².